The van der Waals surface area contributed by atoms with Gasteiger partial charge in [-0.2, -0.15) is 0 Å². The minimum Gasteiger partial charge on any atom is -0.361 e. The minimum absolute atomic E-state index is 0. The van der Waals surface area contributed by atoms with Gasteiger partial charge in [-0.15, -0.1) is 12.4 Å². The van der Waals surface area contributed by atoms with Crippen molar-refractivity contribution in [2.75, 3.05) is 25.1 Å². The quantitative estimate of drug-likeness (QED) is 0.932. The summed E-state index contributed by atoms with van der Waals surface area (Å²) in [6.45, 7) is 3.78. The molecule has 1 fully saturated rings. The van der Waals surface area contributed by atoms with Crippen LogP contribution in [0.4, 0.5) is 5.69 Å². The summed E-state index contributed by atoms with van der Waals surface area (Å²) in [5, 5.41) is 3.40. The zero-order valence-electron chi connectivity index (χ0n) is 12.6. The van der Waals surface area contributed by atoms with Crippen LogP contribution >= 0.6 is 12.4 Å². The van der Waals surface area contributed by atoms with Crippen molar-refractivity contribution in [3.8, 4) is 0 Å². The lowest BCUT2D eigenvalue weighted by Gasteiger charge is -2.34. The van der Waals surface area contributed by atoms with Gasteiger partial charge < -0.3 is 10.1 Å². The molecule has 1 N–H and O–H groups in total. The van der Waals surface area contributed by atoms with E-state index in [0.717, 1.165) is 43.6 Å². The number of fused-ring (bicyclic) bond motifs is 2. The highest BCUT2D eigenvalue weighted by molar-refractivity contribution is 6.08. The summed E-state index contributed by atoms with van der Waals surface area (Å²) in [5.74, 6) is 0.194. The predicted octanol–water partition coefficient (Wildman–Crippen LogP) is 2.46. The molecule has 21 heavy (non-hydrogen) atoms. The topological polar surface area (TPSA) is 41.6 Å². The molecule has 2 aliphatic heterocycles. The van der Waals surface area contributed by atoms with Gasteiger partial charge in [-0.05, 0) is 37.4 Å². The number of rotatable bonds is 3. The summed E-state index contributed by atoms with van der Waals surface area (Å²) in [7, 11) is 1.67. The van der Waals surface area contributed by atoms with Crippen LogP contribution in [0.25, 0.3) is 0 Å². The van der Waals surface area contributed by atoms with E-state index in [-0.39, 0.29) is 30.0 Å². The zero-order chi connectivity index (χ0) is 14.2. The van der Waals surface area contributed by atoms with E-state index in [9.17, 15) is 4.79 Å². The SMILES string of the molecule is CCC(OC)N1C(=O)C2(CCCNC2)c2ccccc21.Cl. The van der Waals surface area contributed by atoms with Gasteiger partial charge in [-0.25, -0.2) is 0 Å². The molecule has 1 saturated heterocycles. The van der Waals surface area contributed by atoms with E-state index in [2.05, 4.69) is 11.4 Å². The number of nitrogens with one attached hydrogen (secondary N) is 1. The molecule has 3 rings (SSSR count). The van der Waals surface area contributed by atoms with Gasteiger partial charge in [0.05, 0.1) is 11.1 Å². The van der Waals surface area contributed by atoms with Crippen molar-refractivity contribution >= 4 is 24.0 Å². The summed E-state index contributed by atoms with van der Waals surface area (Å²) in [6, 6.07) is 8.16. The van der Waals surface area contributed by atoms with Gasteiger partial charge in [-0.3, -0.25) is 9.69 Å². The van der Waals surface area contributed by atoms with Gasteiger partial charge in [0, 0.05) is 13.7 Å². The minimum atomic E-state index is -0.388. The van der Waals surface area contributed by atoms with Gasteiger partial charge in [0.25, 0.3) is 0 Å². The van der Waals surface area contributed by atoms with Crippen LogP contribution < -0.4 is 10.2 Å². The normalized spacial score (nSPS) is 25.6. The van der Waals surface area contributed by atoms with E-state index in [1.165, 1.54) is 0 Å². The second kappa shape index (κ2) is 6.34. The van der Waals surface area contributed by atoms with E-state index < -0.39 is 0 Å². The van der Waals surface area contributed by atoms with Gasteiger partial charge in [0.2, 0.25) is 5.91 Å². The van der Waals surface area contributed by atoms with Gasteiger partial charge >= 0.3 is 0 Å². The van der Waals surface area contributed by atoms with Crippen LogP contribution in [0.1, 0.15) is 31.7 Å². The number of nitrogens with zero attached hydrogens (tertiary/aromatic N) is 1. The zero-order valence-corrected chi connectivity index (χ0v) is 13.4. The molecular formula is C16H23ClN2O2. The standard InChI is InChI=1S/C16H22N2O2.ClH/c1-3-14(20-2)18-13-8-5-4-7-12(13)16(15(18)19)9-6-10-17-11-16;/h4-5,7-8,14,17H,3,6,9-11H2,1-2H3;1H. The molecule has 0 saturated carbocycles. The molecule has 0 bridgehead atoms. The molecule has 0 aliphatic carbocycles. The lowest BCUT2D eigenvalue weighted by molar-refractivity contribution is -0.126. The molecule has 1 aromatic carbocycles. The average molecular weight is 311 g/mol. The number of amides is 1. The number of para-hydroxylation sites is 1. The largest absolute Gasteiger partial charge is 0.361 e. The van der Waals surface area contributed by atoms with Crippen molar-refractivity contribution in [3.63, 3.8) is 0 Å². The van der Waals surface area contributed by atoms with Crippen molar-refractivity contribution in [2.24, 2.45) is 0 Å². The number of carbonyl (C=O) groups excluding carboxylic acids is 1. The third kappa shape index (κ3) is 2.35. The fraction of sp³-hybridized carbons (Fsp3) is 0.562. The van der Waals surface area contributed by atoms with E-state index in [4.69, 9.17) is 4.74 Å². The number of hydrogen-bond acceptors (Lipinski definition) is 3. The Morgan fingerprint density at radius 2 is 2.19 bits per heavy atom. The molecule has 1 spiro atoms. The number of methoxy groups -OCH3 is 1. The summed E-state index contributed by atoms with van der Waals surface area (Å²) in [6.07, 6.45) is 2.58. The van der Waals surface area contributed by atoms with Crippen LogP contribution in [0.2, 0.25) is 0 Å². The molecular weight excluding hydrogens is 288 g/mol. The lowest BCUT2D eigenvalue weighted by atomic mass is 9.76. The van der Waals surface area contributed by atoms with Crippen LogP contribution in [0.5, 0.6) is 0 Å². The summed E-state index contributed by atoms with van der Waals surface area (Å²) >= 11 is 0. The van der Waals surface area contributed by atoms with Crippen molar-refractivity contribution in [2.45, 2.75) is 37.8 Å². The lowest BCUT2D eigenvalue weighted by Crippen LogP contribution is -2.52. The van der Waals surface area contributed by atoms with Crippen LogP contribution in [0, 0.1) is 0 Å². The average Bonchev–Trinajstić information content (AvgIpc) is 2.73. The van der Waals surface area contributed by atoms with Crippen LogP contribution in [0.15, 0.2) is 24.3 Å². The number of anilines is 1. The molecule has 2 heterocycles. The van der Waals surface area contributed by atoms with Crippen LogP contribution in [-0.2, 0) is 14.9 Å². The first-order valence-corrected chi connectivity index (χ1v) is 7.41. The Kier molecular flexibility index (Phi) is 4.91. The molecule has 1 aromatic rings. The fourth-order valence-electron chi connectivity index (χ4n) is 3.60. The molecule has 0 radical (unpaired) electrons. The maximum Gasteiger partial charge on any atom is 0.241 e. The first-order valence-electron chi connectivity index (χ1n) is 7.41. The third-order valence-corrected chi connectivity index (χ3v) is 4.60. The predicted molar refractivity (Wildman–Crippen MR) is 86.0 cm³/mol. The molecule has 2 aliphatic rings. The number of ether oxygens (including phenoxy) is 1. The summed E-state index contributed by atoms with van der Waals surface area (Å²) in [5.41, 5.74) is 1.79. The monoisotopic (exact) mass is 310 g/mol. The molecule has 2 atom stereocenters. The Morgan fingerprint density at radius 3 is 2.81 bits per heavy atom. The molecule has 116 valence electrons. The number of piperidine rings is 1. The highest BCUT2D eigenvalue weighted by Crippen LogP contribution is 2.46. The number of halogens is 1. The Morgan fingerprint density at radius 1 is 1.43 bits per heavy atom. The Labute approximate surface area is 132 Å². The van der Waals surface area contributed by atoms with Crippen molar-refractivity contribution in [1.82, 2.24) is 5.32 Å². The van der Waals surface area contributed by atoms with E-state index in [0.29, 0.717) is 0 Å². The molecule has 4 nitrogen and oxygen atoms in total. The Bertz CT molecular complexity index is 511. The smallest absolute Gasteiger partial charge is 0.241 e. The first kappa shape index (κ1) is 16.3. The van der Waals surface area contributed by atoms with Crippen molar-refractivity contribution in [3.05, 3.63) is 29.8 Å². The summed E-state index contributed by atoms with van der Waals surface area (Å²) < 4.78 is 5.53. The number of carbonyl (C=O) groups is 1. The highest BCUT2D eigenvalue weighted by Gasteiger charge is 2.52. The maximum atomic E-state index is 13.1. The number of benzene rings is 1. The molecule has 2 unspecified atom stereocenters. The van der Waals surface area contributed by atoms with Crippen molar-refractivity contribution < 1.29 is 9.53 Å². The van der Waals surface area contributed by atoms with Gasteiger partial charge in [0.1, 0.15) is 6.23 Å². The number of hydrogen-bond donors (Lipinski definition) is 1. The second-order valence-electron chi connectivity index (χ2n) is 5.65. The van der Waals surface area contributed by atoms with Gasteiger partial charge in [-0.1, -0.05) is 25.1 Å². The molecule has 0 aromatic heterocycles. The van der Waals surface area contributed by atoms with Crippen molar-refractivity contribution in [1.29, 1.82) is 0 Å². The molecule has 1 amide bonds. The fourth-order valence-corrected chi connectivity index (χ4v) is 3.60. The molecule has 5 heteroatoms. The van der Waals surface area contributed by atoms with Gasteiger partial charge in [0.15, 0.2) is 0 Å². The highest BCUT2D eigenvalue weighted by atomic mass is 35.5. The summed E-state index contributed by atoms with van der Waals surface area (Å²) in [4.78, 5) is 15.0. The Balaban J connectivity index is 0.00000161. The van der Waals surface area contributed by atoms with Crippen LogP contribution in [0.3, 0.4) is 0 Å². The van der Waals surface area contributed by atoms with E-state index in [1.54, 1.807) is 7.11 Å². The third-order valence-electron chi connectivity index (χ3n) is 4.60. The van der Waals surface area contributed by atoms with E-state index >= 15 is 0 Å². The maximum absolute atomic E-state index is 13.1. The first-order chi connectivity index (χ1) is 9.74. The van der Waals surface area contributed by atoms with Crippen LogP contribution in [-0.4, -0.2) is 32.3 Å². The Hall–Kier alpha value is -1.10. The second-order valence-corrected chi connectivity index (χ2v) is 5.65. The van der Waals surface area contributed by atoms with E-state index in [1.807, 2.05) is 30.0 Å².